The zero-order valence-corrected chi connectivity index (χ0v) is 12.3. The number of hydrogen-bond acceptors (Lipinski definition) is 2. The lowest BCUT2D eigenvalue weighted by molar-refractivity contribution is 0.564. The maximum atomic E-state index is 14.0. The summed E-state index contributed by atoms with van der Waals surface area (Å²) in [7, 11) is 0. The van der Waals surface area contributed by atoms with Crippen LogP contribution in [0.1, 0.15) is 19.4 Å². The Morgan fingerprint density at radius 2 is 1.85 bits per heavy atom. The highest BCUT2D eigenvalue weighted by molar-refractivity contribution is 7.99. The van der Waals surface area contributed by atoms with Crippen molar-refractivity contribution >= 4 is 11.8 Å². The molecule has 0 bridgehead atoms. The average molecular weight is 293 g/mol. The molecule has 20 heavy (non-hydrogen) atoms. The van der Waals surface area contributed by atoms with Gasteiger partial charge in [-0.2, -0.15) is 0 Å². The highest BCUT2D eigenvalue weighted by Gasteiger charge is 2.11. The third-order valence-corrected chi connectivity index (χ3v) is 3.92. The molecule has 0 spiro atoms. The molecule has 0 saturated heterocycles. The van der Waals surface area contributed by atoms with E-state index in [4.69, 9.17) is 0 Å². The van der Waals surface area contributed by atoms with E-state index in [1.54, 1.807) is 18.2 Å². The van der Waals surface area contributed by atoms with Crippen molar-refractivity contribution in [2.24, 2.45) is 0 Å². The van der Waals surface area contributed by atoms with E-state index in [9.17, 15) is 8.78 Å². The minimum Gasteiger partial charge on any atom is -0.310 e. The first kappa shape index (κ1) is 15.0. The predicted octanol–water partition coefficient (Wildman–Crippen LogP) is 4.61. The summed E-state index contributed by atoms with van der Waals surface area (Å²) >= 11 is 1.25. The lowest BCUT2D eigenvalue weighted by atomic mass is 10.2. The van der Waals surface area contributed by atoms with Crippen LogP contribution in [-0.4, -0.2) is 6.04 Å². The van der Waals surface area contributed by atoms with E-state index in [2.05, 4.69) is 5.32 Å². The molecule has 0 aromatic heterocycles. The average Bonchev–Trinajstić information content (AvgIpc) is 2.39. The van der Waals surface area contributed by atoms with Gasteiger partial charge in [0.1, 0.15) is 11.6 Å². The quantitative estimate of drug-likeness (QED) is 0.863. The summed E-state index contributed by atoms with van der Waals surface area (Å²) in [4.78, 5) is 1.24. The lowest BCUT2D eigenvalue weighted by Gasteiger charge is -2.13. The molecule has 0 radical (unpaired) electrons. The predicted molar refractivity (Wildman–Crippen MR) is 78.9 cm³/mol. The standard InChI is InChI=1S/C16H17F2NS/c1-11(2)19-10-12-5-3-8-15(18)16(12)20-14-7-4-6-13(17)9-14/h3-9,11,19H,10H2,1-2H3. The van der Waals surface area contributed by atoms with Crippen LogP contribution in [0.25, 0.3) is 0 Å². The minimum absolute atomic E-state index is 0.276. The minimum atomic E-state index is -0.312. The van der Waals surface area contributed by atoms with Gasteiger partial charge in [0.05, 0.1) is 4.90 Å². The molecule has 2 aromatic carbocycles. The van der Waals surface area contributed by atoms with E-state index in [0.29, 0.717) is 22.4 Å². The molecule has 0 aliphatic carbocycles. The first-order valence-electron chi connectivity index (χ1n) is 6.50. The molecule has 0 saturated carbocycles. The van der Waals surface area contributed by atoms with Crippen molar-refractivity contribution < 1.29 is 8.78 Å². The fraction of sp³-hybridized carbons (Fsp3) is 0.250. The highest BCUT2D eigenvalue weighted by Crippen LogP contribution is 2.33. The van der Waals surface area contributed by atoms with Gasteiger partial charge in [-0.15, -0.1) is 0 Å². The normalized spacial score (nSPS) is 11.1. The van der Waals surface area contributed by atoms with Crippen LogP contribution in [0.5, 0.6) is 0 Å². The molecule has 4 heteroatoms. The van der Waals surface area contributed by atoms with Gasteiger partial charge in [0, 0.05) is 17.5 Å². The van der Waals surface area contributed by atoms with Crippen molar-refractivity contribution in [3.63, 3.8) is 0 Å². The Morgan fingerprint density at radius 1 is 1.10 bits per heavy atom. The van der Waals surface area contributed by atoms with Crippen molar-refractivity contribution in [3.8, 4) is 0 Å². The van der Waals surface area contributed by atoms with Crippen LogP contribution in [0.3, 0.4) is 0 Å². The number of benzene rings is 2. The second-order valence-electron chi connectivity index (χ2n) is 4.82. The summed E-state index contributed by atoms with van der Waals surface area (Å²) in [6.07, 6.45) is 0. The molecule has 0 aliphatic rings. The third-order valence-electron chi connectivity index (χ3n) is 2.77. The Morgan fingerprint density at radius 3 is 2.55 bits per heavy atom. The number of halogens is 2. The third kappa shape index (κ3) is 4.05. The van der Waals surface area contributed by atoms with Gasteiger partial charge in [-0.1, -0.05) is 43.8 Å². The number of nitrogens with one attached hydrogen (secondary N) is 1. The molecule has 0 atom stereocenters. The van der Waals surface area contributed by atoms with Gasteiger partial charge in [0.25, 0.3) is 0 Å². The zero-order chi connectivity index (χ0) is 14.5. The molecule has 106 valence electrons. The summed E-state index contributed by atoms with van der Waals surface area (Å²) in [5, 5.41) is 3.27. The van der Waals surface area contributed by atoms with Gasteiger partial charge in [-0.3, -0.25) is 0 Å². The Balaban J connectivity index is 2.25. The molecule has 0 unspecified atom stereocenters. The van der Waals surface area contributed by atoms with E-state index in [0.717, 1.165) is 5.56 Å². The molecule has 0 fully saturated rings. The van der Waals surface area contributed by atoms with Gasteiger partial charge < -0.3 is 5.32 Å². The second kappa shape index (κ2) is 6.86. The van der Waals surface area contributed by atoms with Crippen LogP contribution in [-0.2, 0) is 6.54 Å². The molecular formula is C16H17F2NS. The number of hydrogen-bond donors (Lipinski definition) is 1. The van der Waals surface area contributed by atoms with Gasteiger partial charge in [0.2, 0.25) is 0 Å². The topological polar surface area (TPSA) is 12.0 Å². The lowest BCUT2D eigenvalue weighted by Crippen LogP contribution is -2.22. The Kier molecular flexibility index (Phi) is 5.15. The van der Waals surface area contributed by atoms with E-state index >= 15 is 0 Å². The zero-order valence-electron chi connectivity index (χ0n) is 11.5. The Hall–Kier alpha value is -1.39. The Labute approximate surface area is 122 Å². The largest absolute Gasteiger partial charge is 0.310 e. The fourth-order valence-corrected chi connectivity index (χ4v) is 2.76. The smallest absolute Gasteiger partial charge is 0.137 e. The van der Waals surface area contributed by atoms with E-state index in [1.165, 1.54) is 30.0 Å². The second-order valence-corrected chi connectivity index (χ2v) is 5.91. The highest BCUT2D eigenvalue weighted by atomic mass is 32.2. The molecule has 0 aliphatic heterocycles. The maximum absolute atomic E-state index is 14.0. The monoisotopic (exact) mass is 293 g/mol. The van der Waals surface area contributed by atoms with Crippen LogP contribution in [0.15, 0.2) is 52.3 Å². The molecule has 0 amide bonds. The van der Waals surface area contributed by atoms with Crippen LogP contribution in [0.2, 0.25) is 0 Å². The van der Waals surface area contributed by atoms with Gasteiger partial charge in [-0.25, -0.2) is 8.78 Å². The Bertz CT molecular complexity index is 584. The van der Waals surface area contributed by atoms with Crippen LogP contribution in [0.4, 0.5) is 8.78 Å². The van der Waals surface area contributed by atoms with Crippen molar-refractivity contribution in [2.75, 3.05) is 0 Å². The fourth-order valence-electron chi connectivity index (χ4n) is 1.77. The molecule has 1 N–H and O–H groups in total. The van der Waals surface area contributed by atoms with Crippen molar-refractivity contribution in [3.05, 3.63) is 59.7 Å². The van der Waals surface area contributed by atoms with Crippen LogP contribution in [0, 0.1) is 11.6 Å². The van der Waals surface area contributed by atoms with Crippen molar-refractivity contribution in [2.45, 2.75) is 36.2 Å². The molecular weight excluding hydrogens is 276 g/mol. The molecule has 0 heterocycles. The maximum Gasteiger partial charge on any atom is 0.137 e. The van der Waals surface area contributed by atoms with Gasteiger partial charge >= 0.3 is 0 Å². The summed E-state index contributed by atoms with van der Waals surface area (Å²) in [5.41, 5.74) is 0.882. The summed E-state index contributed by atoms with van der Waals surface area (Å²) in [5.74, 6) is -0.587. The SMILES string of the molecule is CC(C)NCc1cccc(F)c1Sc1cccc(F)c1. The summed E-state index contributed by atoms with van der Waals surface area (Å²) in [6.45, 7) is 4.67. The molecule has 1 nitrogen and oxygen atoms in total. The summed E-state index contributed by atoms with van der Waals surface area (Å²) in [6, 6.07) is 11.5. The van der Waals surface area contributed by atoms with E-state index < -0.39 is 0 Å². The molecule has 2 rings (SSSR count). The summed E-state index contributed by atoms with van der Waals surface area (Å²) < 4.78 is 27.2. The van der Waals surface area contributed by atoms with Crippen molar-refractivity contribution in [1.82, 2.24) is 5.32 Å². The molecule has 2 aromatic rings. The van der Waals surface area contributed by atoms with E-state index in [-0.39, 0.29) is 11.6 Å². The first-order valence-corrected chi connectivity index (χ1v) is 7.32. The van der Waals surface area contributed by atoms with Gasteiger partial charge in [0.15, 0.2) is 0 Å². The first-order chi connectivity index (χ1) is 9.56. The number of rotatable bonds is 5. The van der Waals surface area contributed by atoms with Crippen molar-refractivity contribution in [1.29, 1.82) is 0 Å². The van der Waals surface area contributed by atoms with Crippen LogP contribution >= 0.6 is 11.8 Å². The van der Waals surface area contributed by atoms with Gasteiger partial charge in [-0.05, 0) is 29.8 Å². The van der Waals surface area contributed by atoms with E-state index in [1.807, 2.05) is 19.9 Å². The van der Waals surface area contributed by atoms with Crippen LogP contribution < -0.4 is 5.32 Å².